The normalized spacial score (nSPS) is 23.6. The maximum Gasteiger partial charge on any atom is 0.308 e. The Hall–Kier alpha value is -0.930. The smallest absolute Gasteiger partial charge is 0.308 e. The summed E-state index contributed by atoms with van der Waals surface area (Å²) in [7, 11) is 0. The number of rotatable bonds is 3. The summed E-state index contributed by atoms with van der Waals surface area (Å²) in [6.07, 6.45) is 0.647. The number of benzene rings is 1. The molecule has 5 heteroatoms. The number of carboxylic acid groups (broad SMARTS) is 1. The van der Waals surface area contributed by atoms with E-state index >= 15 is 0 Å². The first-order chi connectivity index (χ1) is 7.08. The first kappa shape index (κ1) is 10.6. The quantitative estimate of drug-likeness (QED) is 0.862. The van der Waals surface area contributed by atoms with Crippen LogP contribution in [-0.2, 0) is 4.79 Å². The van der Waals surface area contributed by atoms with Crippen molar-refractivity contribution in [3.8, 4) is 0 Å². The molecule has 1 fully saturated rings. The van der Waals surface area contributed by atoms with Gasteiger partial charge in [0.05, 0.1) is 16.6 Å². The average Bonchev–Trinajstić information content (AvgIpc) is 2.89. The van der Waals surface area contributed by atoms with E-state index in [-0.39, 0.29) is 12.0 Å². The minimum atomic E-state index is -0.766. The average molecular weight is 246 g/mol. The molecule has 1 aromatic carbocycles. The summed E-state index contributed by atoms with van der Waals surface area (Å²) in [5.74, 6) is -1.06. The van der Waals surface area contributed by atoms with Crippen molar-refractivity contribution in [3.63, 3.8) is 0 Å². The van der Waals surface area contributed by atoms with E-state index < -0.39 is 5.97 Å². The number of anilines is 1. The van der Waals surface area contributed by atoms with E-state index in [9.17, 15) is 4.79 Å². The van der Waals surface area contributed by atoms with Crippen molar-refractivity contribution in [2.24, 2.45) is 5.92 Å². The molecule has 1 aliphatic rings. The predicted molar refractivity (Wildman–Crippen MR) is 59.6 cm³/mol. The van der Waals surface area contributed by atoms with Gasteiger partial charge in [0.15, 0.2) is 0 Å². The number of carboxylic acids is 1. The molecule has 3 nitrogen and oxygen atoms in total. The summed E-state index contributed by atoms with van der Waals surface area (Å²) in [5, 5.41) is 12.9. The zero-order chi connectivity index (χ0) is 11.0. The Morgan fingerprint density at radius 2 is 2.20 bits per heavy atom. The highest BCUT2D eigenvalue weighted by Crippen LogP contribution is 2.36. The van der Waals surface area contributed by atoms with Gasteiger partial charge in [-0.15, -0.1) is 0 Å². The number of halogens is 2. The summed E-state index contributed by atoms with van der Waals surface area (Å²) in [4.78, 5) is 10.6. The summed E-state index contributed by atoms with van der Waals surface area (Å²) in [5.41, 5.74) is 0.731. The van der Waals surface area contributed by atoms with Crippen LogP contribution < -0.4 is 5.32 Å². The van der Waals surface area contributed by atoms with Crippen molar-refractivity contribution in [2.45, 2.75) is 12.5 Å². The van der Waals surface area contributed by atoms with Gasteiger partial charge >= 0.3 is 5.97 Å². The fourth-order valence-corrected chi connectivity index (χ4v) is 1.90. The van der Waals surface area contributed by atoms with Crippen LogP contribution in [0.25, 0.3) is 0 Å². The summed E-state index contributed by atoms with van der Waals surface area (Å²) >= 11 is 11.7. The molecular formula is C10H9Cl2NO2. The molecule has 2 atom stereocenters. The van der Waals surface area contributed by atoms with Gasteiger partial charge in [-0.05, 0) is 24.6 Å². The third-order valence-corrected chi connectivity index (χ3v) is 2.93. The van der Waals surface area contributed by atoms with Gasteiger partial charge in [-0.25, -0.2) is 0 Å². The third kappa shape index (κ3) is 2.36. The van der Waals surface area contributed by atoms with Crippen LogP contribution in [0, 0.1) is 5.92 Å². The lowest BCUT2D eigenvalue weighted by molar-refractivity contribution is -0.138. The number of hydrogen-bond donors (Lipinski definition) is 2. The maximum absolute atomic E-state index is 10.6. The van der Waals surface area contributed by atoms with Crippen molar-refractivity contribution in [1.82, 2.24) is 0 Å². The largest absolute Gasteiger partial charge is 0.481 e. The highest BCUT2D eigenvalue weighted by Gasteiger charge is 2.43. The van der Waals surface area contributed by atoms with Crippen molar-refractivity contribution in [1.29, 1.82) is 0 Å². The molecule has 2 unspecified atom stereocenters. The maximum atomic E-state index is 10.6. The molecule has 0 spiro atoms. The Morgan fingerprint density at radius 1 is 1.47 bits per heavy atom. The van der Waals surface area contributed by atoms with Crippen LogP contribution in [0.15, 0.2) is 18.2 Å². The van der Waals surface area contributed by atoms with E-state index in [4.69, 9.17) is 28.3 Å². The second kappa shape index (κ2) is 3.91. The van der Waals surface area contributed by atoms with Crippen LogP contribution in [0.2, 0.25) is 10.0 Å². The number of aliphatic carboxylic acids is 1. The van der Waals surface area contributed by atoms with E-state index in [1.165, 1.54) is 0 Å². The van der Waals surface area contributed by atoms with Crippen LogP contribution in [0.3, 0.4) is 0 Å². The summed E-state index contributed by atoms with van der Waals surface area (Å²) in [6.45, 7) is 0. The van der Waals surface area contributed by atoms with E-state index in [1.54, 1.807) is 18.2 Å². The van der Waals surface area contributed by atoms with Gasteiger partial charge in [0.2, 0.25) is 0 Å². The van der Waals surface area contributed by atoms with Crippen LogP contribution in [-0.4, -0.2) is 17.1 Å². The lowest BCUT2D eigenvalue weighted by Crippen LogP contribution is -2.10. The van der Waals surface area contributed by atoms with Crippen LogP contribution in [0.5, 0.6) is 0 Å². The number of nitrogens with one attached hydrogen (secondary N) is 1. The molecule has 0 bridgehead atoms. The fourth-order valence-electron chi connectivity index (χ4n) is 1.43. The van der Waals surface area contributed by atoms with Crippen molar-refractivity contribution in [2.75, 3.05) is 5.32 Å². The highest BCUT2D eigenvalue weighted by atomic mass is 35.5. The predicted octanol–water partition coefficient (Wildman–Crippen LogP) is 2.88. The Balaban J connectivity index is 2.04. The fraction of sp³-hybridized carbons (Fsp3) is 0.300. The van der Waals surface area contributed by atoms with E-state index in [2.05, 4.69) is 5.32 Å². The van der Waals surface area contributed by atoms with Gasteiger partial charge < -0.3 is 10.4 Å². The van der Waals surface area contributed by atoms with Gasteiger partial charge in [0.25, 0.3) is 0 Å². The molecule has 0 amide bonds. The van der Waals surface area contributed by atoms with Crippen LogP contribution in [0.1, 0.15) is 6.42 Å². The molecule has 0 radical (unpaired) electrons. The molecule has 0 heterocycles. The van der Waals surface area contributed by atoms with Gasteiger partial charge in [-0.2, -0.15) is 0 Å². The molecule has 1 saturated carbocycles. The molecule has 80 valence electrons. The zero-order valence-corrected chi connectivity index (χ0v) is 9.22. The highest BCUT2D eigenvalue weighted by molar-refractivity contribution is 6.36. The van der Waals surface area contributed by atoms with Crippen molar-refractivity contribution < 1.29 is 9.90 Å². The molecule has 15 heavy (non-hydrogen) atoms. The summed E-state index contributed by atoms with van der Waals surface area (Å²) < 4.78 is 0. The number of carbonyl (C=O) groups is 1. The number of hydrogen-bond acceptors (Lipinski definition) is 2. The Bertz CT molecular complexity index is 408. The molecule has 1 aromatic rings. The minimum Gasteiger partial charge on any atom is -0.481 e. The van der Waals surface area contributed by atoms with Gasteiger partial charge in [0.1, 0.15) is 0 Å². The Morgan fingerprint density at radius 3 is 2.73 bits per heavy atom. The lowest BCUT2D eigenvalue weighted by atomic mass is 10.3. The topological polar surface area (TPSA) is 49.3 Å². The van der Waals surface area contributed by atoms with Gasteiger partial charge in [-0.1, -0.05) is 23.2 Å². The summed E-state index contributed by atoms with van der Waals surface area (Å²) in [6, 6.07) is 5.08. The Kier molecular flexibility index (Phi) is 2.76. The third-order valence-electron chi connectivity index (χ3n) is 2.38. The second-order valence-electron chi connectivity index (χ2n) is 3.56. The SMILES string of the molecule is O=C(O)C1CC1Nc1ccc(Cl)cc1Cl. The minimum absolute atomic E-state index is 0.0128. The van der Waals surface area contributed by atoms with E-state index in [1.807, 2.05) is 0 Å². The lowest BCUT2D eigenvalue weighted by Gasteiger charge is -2.07. The van der Waals surface area contributed by atoms with Crippen molar-refractivity contribution >= 4 is 34.9 Å². The Labute approximate surface area is 97.0 Å². The van der Waals surface area contributed by atoms with Crippen LogP contribution in [0.4, 0.5) is 5.69 Å². The standard InChI is InChI=1S/C10H9Cl2NO2/c11-5-1-2-8(7(12)3-5)13-9-4-6(9)10(14)15/h1-3,6,9,13H,4H2,(H,14,15). The molecule has 0 aliphatic heterocycles. The first-order valence-corrected chi connectivity index (χ1v) is 5.28. The molecule has 0 aromatic heterocycles. The zero-order valence-electron chi connectivity index (χ0n) is 7.71. The molecule has 0 saturated heterocycles. The molecule has 1 aliphatic carbocycles. The van der Waals surface area contributed by atoms with Crippen LogP contribution >= 0.6 is 23.2 Å². The molecule has 2 N–H and O–H groups in total. The second-order valence-corrected chi connectivity index (χ2v) is 4.40. The molecular weight excluding hydrogens is 237 g/mol. The van der Waals surface area contributed by atoms with Gasteiger partial charge in [0, 0.05) is 11.1 Å². The van der Waals surface area contributed by atoms with Crippen molar-refractivity contribution in [3.05, 3.63) is 28.2 Å². The molecule has 2 rings (SSSR count). The van der Waals surface area contributed by atoms with E-state index in [0.717, 1.165) is 5.69 Å². The van der Waals surface area contributed by atoms with Gasteiger partial charge in [-0.3, -0.25) is 4.79 Å². The monoisotopic (exact) mass is 245 g/mol. The first-order valence-electron chi connectivity index (χ1n) is 4.52. The van der Waals surface area contributed by atoms with E-state index in [0.29, 0.717) is 16.5 Å².